The molecule has 1 aliphatic heterocycles. The molecule has 0 aromatic carbocycles. The van der Waals surface area contributed by atoms with Crippen LogP contribution in [0.2, 0.25) is 0 Å². The maximum atomic E-state index is 11.8. The van der Waals surface area contributed by atoms with Crippen LogP contribution in [-0.4, -0.2) is 55.6 Å². The fourth-order valence-corrected chi connectivity index (χ4v) is 1.80. The summed E-state index contributed by atoms with van der Waals surface area (Å²) in [6, 6.07) is -0.967. The van der Waals surface area contributed by atoms with Gasteiger partial charge in [0, 0.05) is 13.0 Å². The van der Waals surface area contributed by atoms with Gasteiger partial charge in [0.05, 0.1) is 18.6 Å². The van der Waals surface area contributed by atoms with E-state index in [2.05, 4.69) is 9.97 Å². The average Bonchev–Trinajstić information content (AvgIpc) is 2.84. The Morgan fingerprint density at radius 2 is 2.31 bits per heavy atom. The minimum atomic E-state index is -1.11. The number of carbonyl (C=O) groups is 2. The fraction of sp³-hybridized carbons (Fsp3) is 0.444. The Morgan fingerprint density at radius 3 is 2.88 bits per heavy atom. The molecular formula is C9H11N3O4. The number of aromatic amines is 1. The van der Waals surface area contributed by atoms with E-state index in [9.17, 15) is 14.7 Å². The van der Waals surface area contributed by atoms with E-state index in [0.717, 1.165) is 4.90 Å². The van der Waals surface area contributed by atoms with Gasteiger partial charge < -0.3 is 20.1 Å². The first-order chi connectivity index (χ1) is 7.59. The smallest absolute Gasteiger partial charge is 0.326 e. The van der Waals surface area contributed by atoms with E-state index in [0.29, 0.717) is 0 Å². The summed E-state index contributed by atoms with van der Waals surface area (Å²) in [6.07, 6.45) is 1.95. The van der Waals surface area contributed by atoms with Crippen molar-refractivity contribution in [2.24, 2.45) is 0 Å². The van der Waals surface area contributed by atoms with Crippen LogP contribution in [0.5, 0.6) is 0 Å². The topological polar surface area (TPSA) is 107 Å². The molecule has 0 spiro atoms. The summed E-state index contributed by atoms with van der Waals surface area (Å²) in [5.41, 5.74) is 0.223. The maximum absolute atomic E-state index is 11.8. The number of carboxylic acids is 1. The number of β-amino-alcohol motifs (C(OH)–C–C–N with tert-alkyl or cyclic N) is 1. The average molecular weight is 225 g/mol. The van der Waals surface area contributed by atoms with Gasteiger partial charge in [-0.15, -0.1) is 0 Å². The molecule has 1 fully saturated rings. The zero-order chi connectivity index (χ0) is 11.7. The van der Waals surface area contributed by atoms with Crippen LogP contribution in [0.25, 0.3) is 0 Å². The molecule has 7 heteroatoms. The number of rotatable bonds is 2. The van der Waals surface area contributed by atoms with E-state index < -0.39 is 24.0 Å². The van der Waals surface area contributed by atoms with Gasteiger partial charge >= 0.3 is 5.97 Å². The Hall–Kier alpha value is -1.89. The van der Waals surface area contributed by atoms with Crippen LogP contribution in [0.4, 0.5) is 0 Å². The summed E-state index contributed by atoms with van der Waals surface area (Å²) in [4.78, 5) is 30.2. The third kappa shape index (κ3) is 1.76. The largest absolute Gasteiger partial charge is 0.480 e. The van der Waals surface area contributed by atoms with E-state index in [1.54, 1.807) is 0 Å². The van der Waals surface area contributed by atoms with Gasteiger partial charge in [-0.25, -0.2) is 9.78 Å². The summed E-state index contributed by atoms with van der Waals surface area (Å²) in [5.74, 6) is -1.56. The fourth-order valence-electron chi connectivity index (χ4n) is 1.80. The van der Waals surface area contributed by atoms with E-state index in [4.69, 9.17) is 5.11 Å². The van der Waals surface area contributed by atoms with Crippen LogP contribution in [-0.2, 0) is 4.79 Å². The van der Waals surface area contributed by atoms with Gasteiger partial charge in [-0.1, -0.05) is 0 Å². The lowest BCUT2D eigenvalue weighted by molar-refractivity contribution is -0.141. The lowest BCUT2D eigenvalue weighted by atomic mass is 10.2. The zero-order valence-electron chi connectivity index (χ0n) is 8.33. The zero-order valence-corrected chi connectivity index (χ0v) is 8.33. The Labute approximate surface area is 90.7 Å². The Balaban J connectivity index is 2.20. The van der Waals surface area contributed by atoms with E-state index in [1.165, 1.54) is 12.5 Å². The highest BCUT2D eigenvalue weighted by Gasteiger charge is 2.39. The van der Waals surface area contributed by atoms with E-state index in [1.807, 2.05) is 0 Å². The van der Waals surface area contributed by atoms with Crippen LogP contribution in [0.15, 0.2) is 12.5 Å². The molecule has 3 N–H and O–H groups in total. The van der Waals surface area contributed by atoms with Gasteiger partial charge in [0.1, 0.15) is 11.7 Å². The van der Waals surface area contributed by atoms with Crippen molar-refractivity contribution in [1.29, 1.82) is 0 Å². The Morgan fingerprint density at radius 1 is 1.56 bits per heavy atom. The van der Waals surface area contributed by atoms with Crippen molar-refractivity contribution in [1.82, 2.24) is 14.9 Å². The second-order valence-electron chi connectivity index (χ2n) is 3.67. The molecule has 16 heavy (non-hydrogen) atoms. The van der Waals surface area contributed by atoms with Gasteiger partial charge in [-0.05, 0) is 0 Å². The number of nitrogens with one attached hydrogen (secondary N) is 1. The number of hydrogen-bond donors (Lipinski definition) is 3. The minimum absolute atomic E-state index is 0.0365. The van der Waals surface area contributed by atoms with Crippen molar-refractivity contribution in [2.45, 2.75) is 18.6 Å². The standard InChI is InChI=1S/C9H11N3O4/c13-5-1-7(9(15)16)12(3-5)8(14)6-2-10-4-11-6/h2,4-5,7,13H,1,3H2,(H,10,11)(H,15,16)/t5?,7-/m0/s1. The molecule has 0 aliphatic carbocycles. The number of imidazole rings is 1. The molecule has 2 atom stereocenters. The number of aromatic nitrogens is 2. The van der Waals surface area contributed by atoms with E-state index in [-0.39, 0.29) is 18.7 Å². The molecule has 1 amide bonds. The summed E-state index contributed by atoms with van der Waals surface area (Å²) >= 11 is 0. The first-order valence-corrected chi connectivity index (χ1v) is 4.80. The third-order valence-electron chi connectivity index (χ3n) is 2.55. The lowest BCUT2D eigenvalue weighted by Gasteiger charge is -2.19. The maximum Gasteiger partial charge on any atom is 0.326 e. The van der Waals surface area contributed by atoms with Crippen LogP contribution in [0, 0.1) is 0 Å². The second-order valence-corrected chi connectivity index (χ2v) is 3.67. The van der Waals surface area contributed by atoms with Gasteiger partial charge in [-0.3, -0.25) is 4.79 Å². The molecular weight excluding hydrogens is 214 g/mol. The number of likely N-dealkylation sites (tertiary alicyclic amines) is 1. The first-order valence-electron chi connectivity index (χ1n) is 4.80. The number of aliphatic hydroxyl groups excluding tert-OH is 1. The number of aliphatic hydroxyl groups is 1. The van der Waals surface area contributed by atoms with Crippen molar-refractivity contribution in [3.8, 4) is 0 Å². The highest BCUT2D eigenvalue weighted by Crippen LogP contribution is 2.20. The van der Waals surface area contributed by atoms with Crippen LogP contribution in [0.1, 0.15) is 16.9 Å². The number of amides is 1. The summed E-state index contributed by atoms with van der Waals surface area (Å²) in [6.45, 7) is 0.0365. The third-order valence-corrected chi connectivity index (χ3v) is 2.55. The van der Waals surface area contributed by atoms with Crippen molar-refractivity contribution in [3.63, 3.8) is 0 Å². The molecule has 86 valence electrons. The molecule has 2 heterocycles. The molecule has 0 radical (unpaired) electrons. The molecule has 0 saturated carbocycles. The summed E-state index contributed by atoms with van der Waals surface area (Å²) < 4.78 is 0. The highest BCUT2D eigenvalue weighted by molar-refractivity contribution is 5.95. The molecule has 1 unspecified atom stereocenters. The SMILES string of the molecule is O=C(O)[C@@H]1CC(O)CN1C(=O)c1cnc[nH]1. The molecule has 1 aromatic rings. The van der Waals surface area contributed by atoms with Crippen molar-refractivity contribution < 1.29 is 19.8 Å². The predicted molar refractivity (Wildman–Crippen MR) is 51.7 cm³/mol. The minimum Gasteiger partial charge on any atom is -0.480 e. The number of nitrogens with zero attached hydrogens (tertiary/aromatic N) is 2. The molecule has 1 saturated heterocycles. The normalized spacial score (nSPS) is 24.7. The number of H-pyrrole nitrogens is 1. The van der Waals surface area contributed by atoms with Gasteiger partial charge in [0.15, 0.2) is 0 Å². The molecule has 1 aromatic heterocycles. The summed E-state index contributed by atoms with van der Waals surface area (Å²) in [5, 5.41) is 18.3. The quantitative estimate of drug-likeness (QED) is 0.602. The van der Waals surface area contributed by atoms with Crippen molar-refractivity contribution in [3.05, 3.63) is 18.2 Å². The molecule has 7 nitrogen and oxygen atoms in total. The van der Waals surface area contributed by atoms with Gasteiger partial charge in [0.2, 0.25) is 0 Å². The molecule has 1 aliphatic rings. The highest BCUT2D eigenvalue weighted by atomic mass is 16.4. The number of aliphatic carboxylic acids is 1. The van der Waals surface area contributed by atoms with E-state index >= 15 is 0 Å². The first kappa shape index (κ1) is 10.6. The summed E-state index contributed by atoms with van der Waals surface area (Å²) in [7, 11) is 0. The second kappa shape index (κ2) is 3.93. The Bertz CT molecular complexity index is 403. The Kier molecular flexibility index (Phi) is 2.61. The molecule has 0 bridgehead atoms. The van der Waals surface area contributed by atoms with Crippen LogP contribution < -0.4 is 0 Å². The predicted octanol–water partition coefficient (Wildman–Crippen LogP) is -0.930. The lowest BCUT2D eigenvalue weighted by Crippen LogP contribution is -2.40. The number of carbonyl (C=O) groups excluding carboxylic acids is 1. The van der Waals surface area contributed by atoms with Crippen molar-refractivity contribution in [2.75, 3.05) is 6.54 Å². The number of hydrogen-bond acceptors (Lipinski definition) is 4. The van der Waals surface area contributed by atoms with Gasteiger partial charge in [0.25, 0.3) is 5.91 Å². The van der Waals surface area contributed by atoms with Crippen LogP contribution >= 0.6 is 0 Å². The van der Waals surface area contributed by atoms with Gasteiger partial charge in [-0.2, -0.15) is 0 Å². The van der Waals surface area contributed by atoms with Crippen LogP contribution in [0.3, 0.4) is 0 Å². The van der Waals surface area contributed by atoms with Crippen molar-refractivity contribution >= 4 is 11.9 Å². The number of carboxylic acid groups (broad SMARTS) is 1. The monoisotopic (exact) mass is 225 g/mol. The molecule has 2 rings (SSSR count).